The maximum atomic E-state index is 15.3. The second kappa shape index (κ2) is 16.3. The van der Waals surface area contributed by atoms with E-state index in [0.29, 0.717) is 22.5 Å². The normalized spacial score (nSPS) is 14.5. The van der Waals surface area contributed by atoms with Gasteiger partial charge in [0.25, 0.3) is 0 Å². The summed E-state index contributed by atoms with van der Waals surface area (Å²) in [6.07, 6.45) is 9.16. The van der Waals surface area contributed by atoms with Gasteiger partial charge in [-0.15, -0.1) is 0 Å². The molecule has 5 rings (SSSR count). The molecule has 2 amide bonds. The lowest BCUT2D eigenvalue weighted by Crippen LogP contribution is -2.59. The van der Waals surface area contributed by atoms with Crippen LogP contribution in [0.3, 0.4) is 0 Å². The highest BCUT2D eigenvalue weighted by Gasteiger charge is 2.38. The molecule has 1 saturated heterocycles. The topological polar surface area (TPSA) is 112 Å². The van der Waals surface area contributed by atoms with E-state index in [0.717, 1.165) is 40.7 Å². The number of nitrogens with one attached hydrogen (secondary N) is 1. The number of carboxylic acids is 1. The standard InChI is InChI=1S/C43H47FN4O4/c1-7-8-29-11-15-31(16-12-29)33-19-20-36(37(44)22-33)34-23-45-39(46-24-34)32-17-13-30(14-18-32)21-38(41(50)48-25-35(26-48)42(51)52)47-40(49)27(2)9-10-28(3)43(4,5)6/h9-20,22-24,35,38H,7-8,21,25-26H2,1-6H3,(H,47,49)(H,51,52)/b27-9+,28-10+/t38-/m0/s1. The fourth-order valence-corrected chi connectivity index (χ4v) is 5.81. The molecule has 0 radical (unpaired) electrons. The van der Waals surface area contributed by atoms with Crippen molar-refractivity contribution in [3.05, 3.63) is 119 Å². The highest BCUT2D eigenvalue weighted by Crippen LogP contribution is 2.29. The third kappa shape index (κ3) is 9.26. The summed E-state index contributed by atoms with van der Waals surface area (Å²) in [6, 6.07) is 19.9. The number of benzene rings is 3. The summed E-state index contributed by atoms with van der Waals surface area (Å²) in [7, 11) is 0. The van der Waals surface area contributed by atoms with Crippen LogP contribution in [-0.2, 0) is 27.2 Å². The van der Waals surface area contributed by atoms with Gasteiger partial charge in [-0.3, -0.25) is 14.4 Å². The van der Waals surface area contributed by atoms with Crippen LogP contribution in [0.5, 0.6) is 0 Å². The second-order valence-corrected chi connectivity index (χ2v) is 14.6. The van der Waals surface area contributed by atoms with Crippen LogP contribution in [0.1, 0.15) is 59.1 Å². The second-order valence-electron chi connectivity index (χ2n) is 14.6. The first kappa shape index (κ1) is 37.8. The van der Waals surface area contributed by atoms with Gasteiger partial charge >= 0.3 is 5.97 Å². The first-order valence-corrected chi connectivity index (χ1v) is 17.7. The van der Waals surface area contributed by atoms with Crippen molar-refractivity contribution in [3.8, 4) is 33.6 Å². The molecule has 3 aromatic carbocycles. The minimum absolute atomic E-state index is 0.0466. The summed E-state index contributed by atoms with van der Waals surface area (Å²) >= 11 is 0. The Kier molecular flexibility index (Phi) is 11.8. The number of carbonyl (C=O) groups is 3. The number of aryl methyl sites for hydroxylation is 1. The summed E-state index contributed by atoms with van der Waals surface area (Å²) in [4.78, 5) is 48.5. The Morgan fingerprint density at radius 1 is 0.885 bits per heavy atom. The molecule has 2 N–H and O–H groups in total. The Morgan fingerprint density at radius 3 is 2.06 bits per heavy atom. The Balaban J connectivity index is 1.28. The number of aliphatic carboxylic acids is 1. The zero-order valence-electron chi connectivity index (χ0n) is 30.7. The van der Waals surface area contributed by atoms with Gasteiger partial charge in [0.05, 0.1) is 5.92 Å². The molecule has 0 saturated carbocycles. The third-order valence-electron chi connectivity index (χ3n) is 9.68. The highest BCUT2D eigenvalue weighted by molar-refractivity contribution is 5.97. The van der Waals surface area contributed by atoms with Crippen LogP contribution in [0.4, 0.5) is 4.39 Å². The van der Waals surface area contributed by atoms with E-state index < -0.39 is 17.9 Å². The summed E-state index contributed by atoms with van der Waals surface area (Å²) in [5.74, 6) is -2.15. The van der Waals surface area contributed by atoms with Crippen molar-refractivity contribution in [2.75, 3.05) is 13.1 Å². The third-order valence-corrected chi connectivity index (χ3v) is 9.68. The molecule has 8 nitrogen and oxygen atoms in total. The van der Waals surface area contributed by atoms with E-state index in [1.807, 2.05) is 55.5 Å². The SMILES string of the molecule is CCCc1ccc(-c2ccc(-c3cnc(-c4ccc(C[C@H](NC(=O)/C(C)=C/C=C(\C)C(C)(C)C)C(=O)N5CC(C(=O)O)C5)cc4)nc3)c(F)c2)cc1. The number of amides is 2. The van der Waals surface area contributed by atoms with Gasteiger partial charge in [-0.05, 0) is 54.0 Å². The average molecular weight is 703 g/mol. The zero-order chi connectivity index (χ0) is 37.6. The van der Waals surface area contributed by atoms with Crippen molar-refractivity contribution in [1.82, 2.24) is 20.2 Å². The maximum absolute atomic E-state index is 15.3. The van der Waals surface area contributed by atoms with Gasteiger partial charge in [0.1, 0.15) is 11.9 Å². The minimum atomic E-state index is -0.942. The molecule has 1 fully saturated rings. The predicted molar refractivity (Wildman–Crippen MR) is 203 cm³/mol. The van der Waals surface area contributed by atoms with Crippen LogP contribution in [0, 0.1) is 17.2 Å². The van der Waals surface area contributed by atoms with Gasteiger partial charge in [-0.2, -0.15) is 0 Å². The predicted octanol–water partition coefficient (Wildman–Crippen LogP) is 8.08. The van der Waals surface area contributed by atoms with Gasteiger partial charge in [0.15, 0.2) is 5.82 Å². The van der Waals surface area contributed by atoms with E-state index >= 15 is 4.39 Å². The van der Waals surface area contributed by atoms with Crippen molar-refractivity contribution < 1.29 is 23.9 Å². The van der Waals surface area contributed by atoms with Gasteiger partial charge in [-0.25, -0.2) is 14.4 Å². The van der Waals surface area contributed by atoms with Crippen LogP contribution in [0.25, 0.3) is 33.6 Å². The lowest BCUT2D eigenvalue weighted by atomic mass is 9.87. The van der Waals surface area contributed by atoms with Crippen molar-refractivity contribution >= 4 is 17.8 Å². The number of carbonyl (C=O) groups excluding carboxylic acids is 2. The van der Waals surface area contributed by atoms with Crippen molar-refractivity contribution in [2.24, 2.45) is 11.3 Å². The largest absolute Gasteiger partial charge is 0.481 e. The first-order valence-electron chi connectivity index (χ1n) is 17.7. The van der Waals surface area contributed by atoms with Crippen LogP contribution in [0.2, 0.25) is 0 Å². The molecule has 0 aliphatic carbocycles. The van der Waals surface area contributed by atoms with Crippen LogP contribution < -0.4 is 5.32 Å². The van der Waals surface area contributed by atoms with Crippen molar-refractivity contribution in [3.63, 3.8) is 0 Å². The van der Waals surface area contributed by atoms with Gasteiger partial charge < -0.3 is 15.3 Å². The lowest BCUT2D eigenvalue weighted by molar-refractivity contribution is -0.154. The molecule has 2 heterocycles. The Hall–Kier alpha value is -5.44. The van der Waals surface area contributed by atoms with E-state index in [9.17, 15) is 19.5 Å². The molecule has 9 heteroatoms. The van der Waals surface area contributed by atoms with Crippen LogP contribution in [-0.4, -0.2) is 56.9 Å². The zero-order valence-corrected chi connectivity index (χ0v) is 30.7. The summed E-state index contributed by atoms with van der Waals surface area (Å²) < 4.78 is 15.3. The van der Waals surface area contributed by atoms with E-state index in [1.165, 1.54) is 16.5 Å². The maximum Gasteiger partial charge on any atom is 0.310 e. The molecule has 0 bridgehead atoms. The monoisotopic (exact) mass is 702 g/mol. The molecule has 0 spiro atoms. The lowest BCUT2D eigenvalue weighted by Gasteiger charge is -2.39. The van der Waals surface area contributed by atoms with Crippen LogP contribution >= 0.6 is 0 Å². The number of halogens is 1. The molecule has 52 heavy (non-hydrogen) atoms. The minimum Gasteiger partial charge on any atom is -0.481 e. The molecule has 270 valence electrons. The van der Waals surface area contributed by atoms with Crippen molar-refractivity contribution in [1.29, 1.82) is 0 Å². The number of likely N-dealkylation sites (tertiary alicyclic amines) is 1. The Bertz CT molecular complexity index is 1970. The molecular formula is C43H47FN4O4. The summed E-state index contributed by atoms with van der Waals surface area (Å²) in [6.45, 7) is 12.3. The van der Waals surface area contributed by atoms with E-state index in [2.05, 4.69) is 55.1 Å². The number of hydrogen-bond acceptors (Lipinski definition) is 5. The molecular weight excluding hydrogens is 655 g/mol. The molecule has 1 aliphatic rings. The Labute approximate surface area is 305 Å². The first-order chi connectivity index (χ1) is 24.7. The Morgan fingerprint density at radius 2 is 1.48 bits per heavy atom. The summed E-state index contributed by atoms with van der Waals surface area (Å²) in [5.41, 5.74) is 7.03. The average Bonchev–Trinajstić information content (AvgIpc) is 3.09. The van der Waals surface area contributed by atoms with E-state index in [1.54, 1.807) is 31.5 Å². The molecule has 4 aromatic rings. The molecule has 1 aromatic heterocycles. The van der Waals surface area contributed by atoms with Gasteiger partial charge in [0.2, 0.25) is 11.8 Å². The smallest absolute Gasteiger partial charge is 0.310 e. The number of rotatable bonds is 12. The van der Waals surface area contributed by atoms with Crippen molar-refractivity contribution in [2.45, 2.75) is 66.8 Å². The number of hydrogen-bond donors (Lipinski definition) is 2. The summed E-state index contributed by atoms with van der Waals surface area (Å²) in [5, 5.41) is 12.2. The number of allylic oxidation sites excluding steroid dienone is 3. The number of nitrogens with zero attached hydrogens (tertiary/aromatic N) is 3. The quantitative estimate of drug-likeness (QED) is 0.114. The van der Waals surface area contributed by atoms with E-state index in [-0.39, 0.29) is 42.6 Å². The van der Waals surface area contributed by atoms with E-state index in [4.69, 9.17) is 0 Å². The number of carboxylic acid groups (broad SMARTS) is 1. The van der Waals surface area contributed by atoms with Crippen LogP contribution in [0.15, 0.2) is 102 Å². The number of aromatic nitrogens is 2. The fraction of sp³-hybridized carbons (Fsp3) is 0.326. The van der Waals surface area contributed by atoms with Gasteiger partial charge in [-0.1, -0.05) is 113 Å². The van der Waals surface area contributed by atoms with Gasteiger partial charge in [0, 0.05) is 54.2 Å². The fourth-order valence-electron chi connectivity index (χ4n) is 5.81. The highest BCUT2D eigenvalue weighted by atomic mass is 19.1. The molecule has 0 unspecified atom stereocenters. The molecule has 1 atom stereocenters. The molecule has 1 aliphatic heterocycles.